The number of aromatic nitrogens is 3. The summed E-state index contributed by atoms with van der Waals surface area (Å²) in [5.74, 6) is 0.0633. The van der Waals surface area contributed by atoms with Gasteiger partial charge >= 0.3 is 5.97 Å². The predicted octanol–water partition coefficient (Wildman–Crippen LogP) is 5.45. The number of anilines is 1. The molecule has 40 heavy (non-hydrogen) atoms. The van der Waals surface area contributed by atoms with Gasteiger partial charge in [-0.05, 0) is 73.6 Å². The van der Waals surface area contributed by atoms with E-state index in [-0.39, 0.29) is 11.7 Å². The van der Waals surface area contributed by atoms with Crippen LogP contribution in [0.4, 0.5) is 5.69 Å². The summed E-state index contributed by atoms with van der Waals surface area (Å²) in [5.41, 5.74) is 9.79. The summed E-state index contributed by atoms with van der Waals surface area (Å²) in [4.78, 5) is 34.5. The standard InChI is InChI=1S/C24H23N3O4.C7H10N2/c1-3-6-23(28)27(15-22-25-18-7-4-5-8-19(18)26(22)2)17-11-9-16(10-12-17)20-13-14-21(31-20)24(29)30;8-5-4-7-3-1-2-6-9-7/h4-5,7-14H,3,6,15H2,1-2H3,(H,29,30);1-3,6H,4-5,8H2. The normalized spacial score (nSPS) is 10.7. The van der Waals surface area contributed by atoms with E-state index in [1.165, 1.54) is 6.07 Å². The molecule has 206 valence electrons. The summed E-state index contributed by atoms with van der Waals surface area (Å²) in [6.07, 6.45) is 3.85. The minimum atomic E-state index is -1.11. The van der Waals surface area contributed by atoms with Crippen LogP contribution in [0.5, 0.6) is 0 Å². The SMILES string of the molecule is CCCC(=O)N(Cc1nc2ccccc2n1C)c1ccc(-c2ccc(C(=O)O)o2)cc1.NCCc1ccccn1. The van der Waals surface area contributed by atoms with Crippen LogP contribution in [0, 0.1) is 0 Å². The number of pyridine rings is 1. The number of para-hydroxylation sites is 2. The average Bonchev–Trinajstić information content (AvgIpc) is 3.59. The summed E-state index contributed by atoms with van der Waals surface area (Å²) in [7, 11) is 1.95. The zero-order chi connectivity index (χ0) is 28.5. The number of amides is 1. The highest BCUT2D eigenvalue weighted by Gasteiger charge is 2.19. The van der Waals surface area contributed by atoms with Gasteiger partial charge in [0, 0.05) is 43.0 Å². The van der Waals surface area contributed by atoms with Crippen molar-refractivity contribution in [1.82, 2.24) is 14.5 Å². The Labute approximate surface area is 232 Å². The van der Waals surface area contributed by atoms with Gasteiger partial charge in [-0.3, -0.25) is 9.78 Å². The molecule has 0 saturated carbocycles. The number of carbonyl (C=O) groups excluding carboxylic acids is 1. The number of fused-ring (bicyclic) bond motifs is 1. The molecule has 0 bridgehead atoms. The first kappa shape index (κ1) is 28.3. The third kappa shape index (κ3) is 6.81. The maximum absolute atomic E-state index is 12.9. The molecule has 5 aromatic rings. The number of nitrogens with two attached hydrogens (primary N) is 1. The highest BCUT2D eigenvalue weighted by Crippen LogP contribution is 2.27. The van der Waals surface area contributed by atoms with E-state index in [1.54, 1.807) is 17.2 Å². The lowest BCUT2D eigenvalue weighted by molar-refractivity contribution is -0.118. The molecule has 9 heteroatoms. The van der Waals surface area contributed by atoms with Crippen LogP contribution in [0.3, 0.4) is 0 Å². The monoisotopic (exact) mass is 539 g/mol. The van der Waals surface area contributed by atoms with Crippen LogP contribution in [-0.2, 0) is 24.8 Å². The maximum atomic E-state index is 12.9. The fourth-order valence-electron chi connectivity index (χ4n) is 4.26. The third-order valence-electron chi connectivity index (χ3n) is 6.35. The van der Waals surface area contributed by atoms with Crippen molar-refractivity contribution >= 4 is 28.6 Å². The molecule has 0 saturated heterocycles. The molecule has 0 aliphatic rings. The molecule has 5 rings (SSSR count). The van der Waals surface area contributed by atoms with Gasteiger partial charge in [0.05, 0.1) is 17.6 Å². The average molecular weight is 540 g/mol. The Kier molecular flexibility index (Phi) is 9.43. The number of hydrogen-bond donors (Lipinski definition) is 2. The Morgan fingerprint density at radius 3 is 2.38 bits per heavy atom. The lowest BCUT2D eigenvalue weighted by Gasteiger charge is -2.23. The number of benzene rings is 2. The Balaban J connectivity index is 0.000000350. The number of carboxylic acids is 1. The second kappa shape index (κ2) is 13.3. The Morgan fingerprint density at radius 1 is 1.00 bits per heavy atom. The van der Waals surface area contributed by atoms with Gasteiger partial charge in [0.25, 0.3) is 0 Å². The van der Waals surface area contributed by atoms with Crippen LogP contribution in [0.1, 0.15) is 41.8 Å². The molecule has 3 N–H and O–H groups in total. The number of imidazole rings is 1. The number of aryl methyl sites for hydroxylation is 1. The lowest BCUT2D eigenvalue weighted by atomic mass is 10.1. The molecule has 0 spiro atoms. The van der Waals surface area contributed by atoms with E-state index in [1.807, 2.05) is 85.3 Å². The Hall–Kier alpha value is -4.76. The topological polar surface area (TPSA) is 127 Å². The zero-order valence-electron chi connectivity index (χ0n) is 22.7. The van der Waals surface area contributed by atoms with E-state index in [2.05, 4.69) is 4.98 Å². The summed E-state index contributed by atoms with van der Waals surface area (Å²) < 4.78 is 7.38. The smallest absolute Gasteiger partial charge is 0.371 e. The van der Waals surface area contributed by atoms with Gasteiger partial charge in [0.2, 0.25) is 11.7 Å². The molecule has 0 radical (unpaired) electrons. The van der Waals surface area contributed by atoms with E-state index >= 15 is 0 Å². The van der Waals surface area contributed by atoms with Crippen molar-refractivity contribution in [3.63, 3.8) is 0 Å². The number of hydrogen-bond acceptors (Lipinski definition) is 6. The van der Waals surface area contributed by atoms with Crippen LogP contribution in [0.25, 0.3) is 22.4 Å². The van der Waals surface area contributed by atoms with Gasteiger partial charge in [-0.1, -0.05) is 25.1 Å². The van der Waals surface area contributed by atoms with E-state index in [4.69, 9.17) is 20.2 Å². The van der Waals surface area contributed by atoms with E-state index in [0.717, 1.165) is 46.6 Å². The highest BCUT2D eigenvalue weighted by molar-refractivity contribution is 5.93. The number of aromatic carboxylic acids is 1. The van der Waals surface area contributed by atoms with Crippen molar-refractivity contribution < 1.29 is 19.1 Å². The molecule has 3 aromatic heterocycles. The van der Waals surface area contributed by atoms with Gasteiger partial charge in [-0.15, -0.1) is 0 Å². The quantitative estimate of drug-likeness (QED) is 0.255. The molecular weight excluding hydrogens is 506 g/mol. The van der Waals surface area contributed by atoms with Gasteiger partial charge in [-0.25, -0.2) is 9.78 Å². The fourth-order valence-corrected chi connectivity index (χ4v) is 4.26. The molecule has 0 aliphatic heterocycles. The van der Waals surface area contributed by atoms with E-state index in [9.17, 15) is 9.59 Å². The number of rotatable bonds is 9. The maximum Gasteiger partial charge on any atom is 0.371 e. The highest BCUT2D eigenvalue weighted by atomic mass is 16.4. The first-order chi connectivity index (χ1) is 19.4. The fraction of sp³-hybridized carbons (Fsp3) is 0.226. The molecule has 1 amide bonds. The van der Waals surface area contributed by atoms with Crippen molar-refractivity contribution in [3.8, 4) is 11.3 Å². The predicted molar refractivity (Wildman–Crippen MR) is 155 cm³/mol. The first-order valence-electron chi connectivity index (χ1n) is 13.2. The van der Waals surface area contributed by atoms with Crippen molar-refractivity contribution in [2.75, 3.05) is 11.4 Å². The first-order valence-corrected chi connectivity index (χ1v) is 13.2. The summed E-state index contributed by atoms with van der Waals surface area (Å²) in [6, 6.07) is 24.1. The van der Waals surface area contributed by atoms with E-state index in [0.29, 0.717) is 25.3 Å². The Morgan fingerprint density at radius 2 is 1.75 bits per heavy atom. The second-order valence-electron chi connectivity index (χ2n) is 9.18. The molecule has 0 atom stereocenters. The summed E-state index contributed by atoms with van der Waals surface area (Å²) in [5, 5.41) is 9.04. The summed E-state index contributed by atoms with van der Waals surface area (Å²) >= 11 is 0. The molecule has 2 aromatic carbocycles. The second-order valence-corrected chi connectivity index (χ2v) is 9.18. The summed E-state index contributed by atoms with van der Waals surface area (Å²) in [6.45, 7) is 3.01. The minimum absolute atomic E-state index is 0.0217. The zero-order valence-corrected chi connectivity index (χ0v) is 22.7. The van der Waals surface area contributed by atoms with Gasteiger partial charge in [-0.2, -0.15) is 0 Å². The van der Waals surface area contributed by atoms with Crippen LogP contribution in [0.2, 0.25) is 0 Å². The largest absolute Gasteiger partial charge is 0.475 e. The van der Waals surface area contributed by atoms with Crippen LogP contribution < -0.4 is 10.6 Å². The lowest BCUT2D eigenvalue weighted by Crippen LogP contribution is -2.31. The number of carboxylic acid groups (broad SMARTS) is 1. The number of carbonyl (C=O) groups is 2. The van der Waals surface area contributed by atoms with E-state index < -0.39 is 5.97 Å². The molecular formula is C31H33N5O4. The number of furan rings is 1. The number of nitrogens with zero attached hydrogens (tertiary/aromatic N) is 4. The minimum Gasteiger partial charge on any atom is -0.475 e. The molecule has 0 fully saturated rings. The van der Waals surface area contributed by atoms with Gasteiger partial charge < -0.3 is 24.7 Å². The Bertz CT molecular complexity index is 1560. The van der Waals surface area contributed by atoms with Crippen LogP contribution in [-0.4, -0.2) is 38.1 Å². The van der Waals surface area contributed by atoms with Crippen molar-refractivity contribution in [3.05, 3.63) is 102 Å². The molecule has 9 nitrogen and oxygen atoms in total. The molecule has 0 aliphatic carbocycles. The molecule has 0 unspecified atom stereocenters. The third-order valence-corrected chi connectivity index (χ3v) is 6.35. The van der Waals surface area contributed by atoms with Crippen LogP contribution >= 0.6 is 0 Å². The van der Waals surface area contributed by atoms with Crippen molar-refractivity contribution in [1.29, 1.82) is 0 Å². The van der Waals surface area contributed by atoms with Crippen molar-refractivity contribution in [2.24, 2.45) is 12.8 Å². The molecule has 3 heterocycles. The van der Waals surface area contributed by atoms with Crippen LogP contribution in [0.15, 0.2) is 89.5 Å². The van der Waals surface area contributed by atoms with Gasteiger partial charge in [0.1, 0.15) is 11.6 Å². The van der Waals surface area contributed by atoms with Gasteiger partial charge in [0.15, 0.2) is 0 Å². The van der Waals surface area contributed by atoms with Crippen molar-refractivity contribution in [2.45, 2.75) is 32.7 Å².